The van der Waals surface area contributed by atoms with Crippen molar-refractivity contribution in [2.75, 3.05) is 38.1 Å². The van der Waals surface area contributed by atoms with Gasteiger partial charge in [0.25, 0.3) is 0 Å². The summed E-state index contributed by atoms with van der Waals surface area (Å²) in [6.07, 6.45) is 0.195. The van der Waals surface area contributed by atoms with Crippen LogP contribution < -0.4 is 10.6 Å². The normalized spacial score (nSPS) is 18.8. The van der Waals surface area contributed by atoms with Crippen LogP contribution in [0.5, 0.6) is 0 Å². The van der Waals surface area contributed by atoms with Gasteiger partial charge in [-0.25, -0.2) is 0 Å². The van der Waals surface area contributed by atoms with Gasteiger partial charge in [0.05, 0.1) is 12.7 Å². The third-order valence-electron chi connectivity index (χ3n) is 4.17. The Bertz CT molecular complexity index is 516. The minimum Gasteiger partial charge on any atom is -0.374 e. The Morgan fingerprint density at radius 2 is 1.96 bits per heavy atom. The Kier molecular flexibility index (Phi) is 7.46. The summed E-state index contributed by atoms with van der Waals surface area (Å²) in [4.78, 5) is 2.47. The van der Waals surface area contributed by atoms with Crippen LogP contribution in [0.1, 0.15) is 39.2 Å². The molecule has 1 saturated heterocycles. The topological polar surface area (TPSA) is 36.5 Å². The van der Waals surface area contributed by atoms with E-state index in [1.165, 1.54) is 5.56 Å². The first-order valence-electron chi connectivity index (χ1n) is 8.92. The highest BCUT2D eigenvalue weighted by Crippen LogP contribution is 2.17. The molecule has 1 aromatic rings. The monoisotopic (exact) mass is 349 g/mol. The first-order valence-corrected chi connectivity index (χ1v) is 9.33. The number of morpholine rings is 1. The standard InChI is InChI=1S/C19H31N3OS/c1-14(2)12-22-9-10-23-18(13-22)11-20-19(24)21-17-7-5-16(6-8-17)15(3)4/h5-8,14-15,18H,9-13H2,1-4H3,(H2,20,21,24)/t18-/m1/s1. The van der Waals surface area contributed by atoms with Crippen molar-refractivity contribution in [1.82, 2.24) is 10.2 Å². The molecule has 24 heavy (non-hydrogen) atoms. The van der Waals surface area contributed by atoms with Gasteiger partial charge in [0.15, 0.2) is 5.11 Å². The van der Waals surface area contributed by atoms with Crippen LogP contribution >= 0.6 is 12.2 Å². The lowest BCUT2D eigenvalue weighted by Gasteiger charge is -2.34. The smallest absolute Gasteiger partial charge is 0.170 e. The summed E-state index contributed by atoms with van der Waals surface area (Å²) in [7, 11) is 0. The van der Waals surface area contributed by atoms with E-state index in [1.807, 2.05) is 0 Å². The number of anilines is 1. The number of rotatable bonds is 6. The number of nitrogens with one attached hydrogen (secondary N) is 2. The highest BCUT2D eigenvalue weighted by Gasteiger charge is 2.20. The van der Waals surface area contributed by atoms with Gasteiger partial charge in [0.1, 0.15) is 0 Å². The second-order valence-corrected chi connectivity index (χ2v) is 7.67. The first kappa shape index (κ1) is 19.2. The second kappa shape index (κ2) is 9.35. The average Bonchev–Trinajstić information content (AvgIpc) is 2.53. The predicted octanol–water partition coefficient (Wildman–Crippen LogP) is 3.45. The molecular formula is C19H31N3OS. The van der Waals surface area contributed by atoms with Crippen molar-refractivity contribution in [3.63, 3.8) is 0 Å². The molecule has 5 heteroatoms. The Morgan fingerprint density at radius 3 is 2.58 bits per heavy atom. The zero-order chi connectivity index (χ0) is 17.5. The minimum atomic E-state index is 0.195. The van der Waals surface area contributed by atoms with Gasteiger partial charge in [-0.2, -0.15) is 0 Å². The molecule has 0 aliphatic carbocycles. The molecule has 0 aromatic heterocycles. The van der Waals surface area contributed by atoms with E-state index in [1.54, 1.807) is 0 Å². The Hall–Kier alpha value is -1.17. The molecule has 0 unspecified atom stereocenters. The summed E-state index contributed by atoms with van der Waals surface area (Å²) < 4.78 is 5.84. The first-order chi connectivity index (χ1) is 11.4. The van der Waals surface area contributed by atoms with E-state index in [0.717, 1.165) is 38.5 Å². The second-order valence-electron chi connectivity index (χ2n) is 7.26. The van der Waals surface area contributed by atoms with Crippen molar-refractivity contribution in [3.05, 3.63) is 29.8 Å². The predicted molar refractivity (Wildman–Crippen MR) is 106 cm³/mol. The molecule has 2 N–H and O–H groups in total. The molecule has 1 atom stereocenters. The fourth-order valence-corrected chi connectivity index (χ4v) is 3.12. The number of ether oxygens (including phenoxy) is 1. The molecule has 1 fully saturated rings. The van der Waals surface area contributed by atoms with Crippen LogP contribution in [0.15, 0.2) is 24.3 Å². The number of thiocarbonyl (C=S) groups is 1. The number of nitrogens with zero attached hydrogens (tertiary/aromatic N) is 1. The molecule has 2 rings (SSSR count). The molecule has 0 radical (unpaired) electrons. The molecule has 0 saturated carbocycles. The van der Waals surface area contributed by atoms with Crippen LogP contribution in [0.2, 0.25) is 0 Å². The van der Waals surface area contributed by atoms with E-state index in [0.29, 0.717) is 16.9 Å². The van der Waals surface area contributed by atoms with Crippen LogP contribution in [-0.2, 0) is 4.74 Å². The van der Waals surface area contributed by atoms with Gasteiger partial charge < -0.3 is 15.4 Å². The van der Waals surface area contributed by atoms with Crippen LogP contribution in [0, 0.1) is 5.92 Å². The summed E-state index contributed by atoms with van der Waals surface area (Å²) in [5.41, 5.74) is 2.35. The van der Waals surface area contributed by atoms with E-state index in [-0.39, 0.29) is 6.10 Å². The number of hydrogen-bond donors (Lipinski definition) is 2. The fraction of sp³-hybridized carbons (Fsp3) is 0.632. The number of benzene rings is 1. The highest BCUT2D eigenvalue weighted by atomic mass is 32.1. The van der Waals surface area contributed by atoms with Crippen molar-refractivity contribution in [1.29, 1.82) is 0 Å². The van der Waals surface area contributed by atoms with Crippen LogP contribution in [0.4, 0.5) is 5.69 Å². The van der Waals surface area contributed by atoms with Crippen LogP contribution in [0.25, 0.3) is 0 Å². The van der Waals surface area contributed by atoms with E-state index in [9.17, 15) is 0 Å². The third kappa shape index (κ3) is 6.38. The molecule has 1 aliphatic rings. The van der Waals surface area contributed by atoms with E-state index in [4.69, 9.17) is 17.0 Å². The molecule has 0 amide bonds. The summed E-state index contributed by atoms with van der Waals surface area (Å²) in [5, 5.41) is 7.17. The van der Waals surface area contributed by atoms with Crippen LogP contribution in [0.3, 0.4) is 0 Å². The summed E-state index contributed by atoms with van der Waals surface area (Å²) in [6.45, 7) is 13.6. The van der Waals surface area contributed by atoms with Gasteiger partial charge in [0.2, 0.25) is 0 Å². The Morgan fingerprint density at radius 1 is 1.25 bits per heavy atom. The summed E-state index contributed by atoms with van der Waals surface area (Å²) in [5.74, 6) is 1.23. The van der Waals surface area contributed by atoms with E-state index in [2.05, 4.69) is 67.5 Å². The lowest BCUT2D eigenvalue weighted by atomic mass is 10.0. The van der Waals surface area contributed by atoms with Crippen molar-refractivity contribution < 1.29 is 4.74 Å². The van der Waals surface area contributed by atoms with Gasteiger partial charge in [-0.3, -0.25) is 4.90 Å². The summed E-state index contributed by atoms with van der Waals surface area (Å²) in [6, 6.07) is 8.43. The maximum absolute atomic E-state index is 5.84. The minimum absolute atomic E-state index is 0.195. The largest absolute Gasteiger partial charge is 0.374 e. The fourth-order valence-electron chi connectivity index (χ4n) is 2.92. The molecule has 134 valence electrons. The lowest BCUT2D eigenvalue weighted by molar-refractivity contribution is -0.0283. The lowest BCUT2D eigenvalue weighted by Crippen LogP contribution is -2.48. The zero-order valence-corrected chi connectivity index (χ0v) is 16.2. The zero-order valence-electron chi connectivity index (χ0n) is 15.3. The quantitative estimate of drug-likeness (QED) is 0.769. The molecule has 1 heterocycles. The molecule has 0 bridgehead atoms. The third-order valence-corrected chi connectivity index (χ3v) is 4.42. The average molecular weight is 350 g/mol. The van der Waals surface area contributed by atoms with Gasteiger partial charge in [-0.1, -0.05) is 39.8 Å². The van der Waals surface area contributed by atoms with E-state index < -0.39 is 0 Å². The molecule has 1 aliphatic heterocycles. The SMILES string of the molecule is CC(C)CN1CCO[C@H](CNC(=S)Nc2ccc(C(C)C)cc2)C1. The Balaban J connectivity index is 1.74. The molecule has 4 nitrogen and oxygen atoms in total. The van der Waals surface area contributed by atoms with Gasteiger partial charge >= 0.3 is 0 Å². The van der Waals surface area contributed by atoms with Crippen molar-refractivity contribution in [2.24, 2.45) is 5.92 Å². The molecular weight excluding hydrogens is 318 g/mol. The maximum atomic E-state index is 5.84. The Labute approximate surface area is 152 Å². The summed E-state index contributed by atoms with van der Waals surface area (Å²) >= 11 is 5.40. The number of hydrogen-bond acceptors (Lipinski definition) is 3. The van der Waals surface area contributed by atoms with Gasteiger partial charge in [0, 0.05) is 31.9 Å². The van der Waals surface area contributed by atoms with Gasteiger partial charge in [-0.05, 0) is 41.7 Å². The van der Waals surface area contributed by atoms with Crippen molar-refractivity contribution >= 4 is 23.0 Å². The van der Waals surface area contributed by atoms with Crippen LogP contribution in [-0.4, -0.2) is 48.9 Å². The maximum Gasteiger partial charge on any atom is 0.170 e. The van der Waals surface area contributed by atoms with Crippen molar-refractivity contribution in [3.8, 4) is 0 Å². The molecule has 1 aromatic carbocycles. The van der Waals surface area contributed by atoms with Crippen molar-refractivity contribution in [2.45, 2.75) is 39.7 Å². The highest BCUT2D eigenvalue weighted by molar-refractivity contribution is 7.80. The van der Waals surface area contributed by atoms with E-state index >= 15 is 0 Å². The van der Waals surface area contributed by atoms with Gasteiger partial charge in [-0.15, -0.1) is 0 Å². The molecule has 0 spiro atoms.